The van der Waals surface area contributed by atoms with Crippen LogP contribution in [-0.2, 0) is 4.74 Å². The fourth-order valence-corrected chi connectivity index (χ4v) is 3.24. The molecule has 0 spiro atoms. The van der Waals surface area contributed by atoms with E-state index in [1.54, 1.807) is 24.4 Å². The highest BCUT2D eigenvalue weighted by molar-refractivity contribution is 7.45. The van der Waals surface area contributed by atoms with Crippen molar-refractivity contribution in [3.05, 3.63) is 36.5 Å². The first-order valence-electron chi connectivity index (χ1n) is 7.71. The van der Waals surface area contributed by atoms with Gasteiger partial charge >= 0.3 is 0 Å². The first-order valence-corrected chi connectivity index (χ1v) is 9.14. The van der Waals surface area contributed by atoms with Crippen molar-refractivity contribution >= 4 is 19.3 Å². The van der Waals surface area contributed by atoms with Crippen molar-refractivity contribution < 1.29 is 29.5 Å². The molecule has 3 rings (SSSR count). The summed E-state index contributed by atoms with van der Waals surface area (Å²) in [5, 5.41) is 21.0. The second kappa shape index (κ2) is 7.70. The Morgan fingerprint density at radius 3 is 2.88 bits per heavy atom. The maximum atomic E-state index is 10.1. The minimum Gasteiger partial charge on any atom is -0.462 e. The lowest BCUT2D eigenvalue weighted by Crippen LogP contribution is -2.51. The van der Waals surface area contributed by atoms with Crippen LogP contribution < -0.4 is 4.74 Å². The molecule has 4 unspecified atom stereocenters. The van der Waals surface area contributed by atoms with Crippen LogP contribution in [0.25, 0.3) is 10.9 Å². The lowest BCUT2D eigenvalue weighted by atomic mass is 10.0. The molecule has 1 aliphatic rings. The molecule has 24 heavy (non-hydrogen) atoms. The second-order valence-corrected chi connectivity index (χ2v) is 6.97. The lowest BCUT2D eigenvalue weighted by Gasteiger charge is -2.37. The van der Waals surface area contributed by atoms with Crippen molar-refractivity contribution in [3.8, 4) is 5.75 Å². The Kier molecular flexibility index (Phi) is 5.61. The quantitative estimate of drug-likeness (QED) is 0.596. The molecule has 0 radical (unpaired) electrons. The standard InChI is InChI=1S/C16H20NO6P/c18-14-9-12(5-7-24(20)21)23-16(15(14)19)22-11-3-4-13-10(8-11)2-1-6-17-13/h1-4,6,8,12,14-16,18-21H,5,7,9H2. The molecule has 2 heterocycles. The van der Waals surface area contributed by atoms with Crippen LogP contribution in [0.3, 0.4) is 0 Å². The van der Waals surface area contributed by atoms with Gasteiger partial charge in [0, 0.05) is 24.2 Å². The fourth-order valence-electron chi connectivity index (χ4n) is 2.72. The van der Waals surface area contributed by atoms with Crippen molar-refractivity contribution in [1.29, 1.82) is 0 Å². The lowest BCUT2D eigenvalue weighted by molar-refractivity contribution is -0.235. The smallest absolute Gasteiger partial charge is 0.228 e. The SMILES string of the molecule is OC1CC(CCP(O)O)OC(Oc2ccc3ncccc3c2)C1O. The molecule has 2 aromatic rings. The van der Waals surface area contributed by atoms with Crippen LogP contribution >= 0.6 is 8.38 Å². The molecule has 0 aliphatic carbocycles. The van der Waals surface area contributed by atoms with Gasteiger partial charge in [-0.25, -0.2) is 0 Å². The van der Waals surface area contributed by atoms with Gasteiger partial charge in [0.05, 0.1) is 17.7 Å². The number of aliphatic hydroxyl groups is 2. The molecule has 1 saturated heterocycles. The van der Waals surface area contributed by atoms with Crippen molar-refractivity contribution in [2.75, 3.05) is 6.16 Å². The van der Waals surface area contributed by atoms with Gasteiger partial charge in [0.1, 0.15) is 11.9 Å². The summed E-state index contributed by atoms with van der Waals surface area (Å²) in [4.78, 5) is 22.3. The topological polar surface area (TPSA) is 112 Å². The van der Waals surface area contributed by atoms with Crippen molar-refractivity contribution in [3.63, 3.8) is 0 Å². The molecule has 1 fully saturated rings. The van der Waals surface area contributed by atoms with E-state index in [1.807, 2.05) is 12.1 Å². The zero-order valence-electron chi connectivity index (χ0n) is 12.9. The van der Waals surface area contributed by atoms with Crippen LogP contribution in [0.2, 0.25) is 0 Å². The summed E-state index contributed by atoms with van der Waals surface area (Å²) >= 11 is 0. The van der Waals surface area contributed by atoms with Gasteiger partial charge in [0.25, 0.3) is 0 Å². The number of ether oxygens (including phenoxy) is 2. The van der Waals surface area contributed by atoms with Crippen molar-refractivity contribution in [1.82, 2.24) is 4.98 Å². The van der Waals surface area contributed by atoms with E-state index in [0.29, 0.717) is 12.2 Å². The molecule has 1 aromatic carbocycles. The zero-order chi connectivity index (χ0) is 17.1. The molecule has 0 saturated carbocycles. The molecular weight excluding hydrogens is 333 g/mol. The molecule has 7 nitrogen and oxygen atoms in total. The number of aromatic nitrogens is 1. The summed E-state index contributed by atoms with van der Waals surface area (Å²) in [6.45, 7) is 0. The van der Waals surface area contributed by atoms with Crippen molar-refractivity contribution in [2.24, 2.45) is 0 Å². The van der Waals surface area contributed by atoms with Gasteiger partial charge < -0.3 is 29.5 Å². The average molecular weight is 353 g/mol. The molecule has 8 heteroatoms. The van der Waals surface area contributed by atoms with E-state index >= 15 is 0 Å². The number of fused-ring (bicyclic) bond motifs is 1. The van der Waals surface area contributed by atoms with Gasteiger partial charge in [-0.2, -0.15) is 0 Å². The van der Waals surface area contributed by atoms with Crippen LogP contribution in [0.5, 0.6) is 5.75 Å². The maximum Gasteiger partial charge on any atom is 0.228 e. The van der Waals surface area contributed by atoms with Crippen molar-refractivity contribution in [2.45, 2.75) is 37.4 Å². The van der Waals surface area contributed by atoms with E-state index in [1.165, 1.54) is 0 Å². The molecule has 130 valence electrons. The third-order valence-corrected chi connectivity index (χ3v) is 4.64. The Morgan fingerprint density at radius 1 is 1.25 bits per heavy atom. The van der Waals surface area contributed by atoms with Gasteiger partial charge in [-0.1, -0.05) is 6.07 Å². The van der Waals surface area contributed by atoms with Gasteiger partial charge in [-0.3, -0.25) is 4.98 Å². The first-order chi connectivity index (χ1) is 11.5. The Hall–Kier alpha value is -1.34. The van der Waals surface area contributed by atoms with E-state index < -0.39 is 33.0 Å². The summed E-state index contributed by atoms with van der Waals surface area (Å²) < 4.78 is 11.4. The normalized spacial score (nSPS) is 27.5. The molecular formula is C16H20NO6P. The second-order valence-electron chi connectivity index (χ2n) is 5.78. The van der Waals surface area contributed by atoms with Crippen LogP contribution in [0.1, 0.15) is 12.8 Å². The minimum absolute atomic E-state index is 0.192. The Balaban J connectivity index is 1.70. The molecule has 1 aliphatic heterocycles. The van der Waals surface area contributed by atoms with E-state index in [4.69, 9.17) is 19.3 Å². The maximum absolute atomic E-state index is 10.1. The average Bonchev–Trinajstić information content (AvgIpc) is 2.57. The van der Waals surface area contributed by atoms with E-state index in [2.05, 4.69) is 4.98 Å². The predicted molar refractivity (Wildman–Crippen MR) is 88.5 cm³/mol. The number of hydrogen-bond donors (Lipinski definition) is 4. The minimum atomic E-state index is -2.00. The molecule has 4 N–H and O–H groups in total. The largest absolute Gasteiger partial charge is 0.462 e. The summed E-state index contributed by atoms with van der Waals surface area (Å²) in [5.74, 6) is 0.499. The Morgan fingerprint density at radius 2 is 2.08 bits per heavy atom. The van der Waals surface area contributed by atoms with E-state index in [0.717, 1.165) is 10.9 Å². The fraction of sp³-hybridized carbons (Fsp3) is 0.438. The summed E-state index contributed by atoms with van der Waals surface area (Å²) in [7, 11) is -2.00. The molecule has 0 bridgehead atoms. The number of benzene rings is 1. The van der Waals surface area contributed by atoms with Crippen LogP contribution in [0.4, 0.5) is 0 Å². The highest BCUT2D eigenvalue weighted by Crippen LogP contribution is 2.30. The third-order valence-electron chi connectivity index (χ3n) is 3.98. The highest BCUT2D eigenvalue weighted by atomic mass is 31.2. The van der Waals surface area contributed by atoms with Crippen LogP contribution in [-0.4, -0.2) is 55.7 Å². The summed E-state index contributed by atoms with van der Waals surface area (Å²) in [6.07, 6.45) is -1.08. The van der Waals surface area contributed by atoms with Crippen LogP contribution in [0.15, 0.2) is 36.5 Å². The number of aliphatic hydroxyl groups excluding tert-OH is 2. The Bertz CT molecular complexity index is 684. The molecule has 0 amide bonds. The van der Waals surface area contributed by atoms with E-state index in [9.17, 15) is 10.2 Å². The summed E-state index contributed by atoms with van der Waals surface area (Å²) in [6, 6.07) is 9.03. The summed E-state index contributed by atoms with van der Waals surface area (Å²) in [5.41, 5.74) is 0.826. The zero-order valence-corrected chi connectivity index (χ0v) is 13.8. The first kappa shape index (κ1) is 17.5. The van der Waals surface area contributed by atoms with Gasteiger partial charge in [0.15, 0.2) is 8.38 Å². The predicted octanol–water partition coefficient (Wildman–Crippen LogP) is 1.14. The molecule has 1 aromatic heterocycles. The van der Waals surface area contributed by atoms with Gasteiger partial charge in [-0.15, -0.1) is 0 Å². The van der Waals surface area contributed by atoms with Gasteiger partial charge in [0.2, 0.25) is 6.29 Å². The number of hydrogen-bond acceptors (Lipinski definition) is 7. The number of nitrogens with zero attached hydrogens (tertiary/aromatic N) is 1. The van der Waals surface area contributed by atoms with E-state index in [-0.39, 0.29) is 12.6 Å². The number of pyridine rings is 1. The Labute approximate surface area is 140 Å². The monoisotopic (exact) mass is 353 g/mol. The third kappa shape index (κ3) is 4.19. The number of rotatable bonds is 5. The van der Waals surface area contributed by atoms with Crippen LogP contribution in [0, 0.1) is 0 Å². The highest BCUT2D eigenvalue weighted by Gasteiger charge is 2.38. The van der Waals surface area contributed by atoms with Gasteiger partial charge in [-0.05, 0) is 30.7 Å². The molecule has 4 atom stereocenters.